The number of nitrogens with one attached hydrogen (secondary N) is 1. The normalized spacial score (nSPS) is 11.3. The van der Waals surface area contributed by atoms with E-state index in [4.69, 9.17) is 4.98 Å². The molecule has 29 heavy (non-hydrogen) atoms. The molecule has 0 aliphatic heterocycles. The molecule has 0 aliphatic rings. The quantitative estimate of drug-likeness (QED) is 0.415. The standard InChI is InChI=1S/C23H35N5.ClH/c1-5-7-15-28(16-8-6-2)17-11-14-24-22-19-12-9-10-13-20(19)25-23-21(22)18(3)26-27(23)4;/h9-10,12-13H,5-8,11,14-17H2,1-4H3,(H,24,25);1H. The third kappa shape index (κ3) is 5.61. The Morgan fingerprint density at radius 1 is 1.00 bits per heavy atom. The van der Waals surface area contributed by atoms with Gasteiger partial charge in [0.25, 0.3) is 0 Å². The first kappa shape index (κ1) is 23.4. The maximum atomic E-state index is 4.83. The number of hydrogen-bond donors (Lipinski definition) is 1. The number of hydrogen-bond acceptors (Lipinski definition) is 4. The van der Waals surface area contributed by atoms with E-state index in [2.05, 4.69) is 54.3 Å². The Morgan fingerprint density at radius 3 is 2.34 bits per heavy atom. The van der Waals surface area contributed by atoms with Gasteiger partial charge in [0, 0.05) is 19.0 Å². The first-order chi connectivity index (χ1) is 13.7. The monoisotopic (exact) mass is 417 g/mol. The van der Waals surface area contributed by atoms with Crippen LogP contribution in [0.4, 0.5) is 5.69 Å². The van der Waals surface area contributed by atoms with Crippen LogP contribution in [0.2, 0.25) is 0 Å². The molecule has 2 aromatic heterocycles. The molecule has 2 heterocycles. The topological polar surface area (TPSA) is 46.0 Å². The number of para-hydroxylation sites is 1. The average Bonchev–Trinajstić information content (AvgIpc) is 2.99. The predicted molar refractivity (Wildman–Crippen MR) is 127 cm³/mol. The molecule has 1 N–H and O–H groups in total. The maximum absolute atomic E-state index is 4.83. The molecule has 0 atom stereocenters. The zero-order chi connectivity index (χ0) is 19.9. The van der Waals surface area contributed by atoms with Crippen molar-refractivity contribution < 1.29 is 0 Å². The highest BCUT2D eigenvalue weighted by Gasteiger charge is 2.15. The number of nitrogens with zero attached hydrogens (tertiary/aromatic N) is 4. The molecule has 3 rings (SSSR count). The number of halogens is 1. The van der Waals surface area contributed by atoms with Gasteiger partial charge < -0.3 is 10.2 Å². The Bertz CT molecular complexity index is 897. The number of rotatable bonds is 11. The fraction of sp³-hybridized carbons (Fsp3) is 0.565. The molecular weight excluding hydrogens is 382 g/mol. The predicted octanol–water partition coefficient (Wildman–Crippen LogP) is 5.56. The minimum absolute atomic E-state index is 0. The summed E-state index contributed by atoms with van der Waals surface area (Å²) >= 11 is 0. The lowest BCUT2D eigenvalue weighted by molar-refractivity contribution is 0.264. The number of fused-ring (bicyclic) bond motifs is 2. The molecular formula is C23H36ClN5. The lowest BCUT2D eigenvalue weighted by Gasteiger charge is -2.22. The van der Waals surface area contributed by atoms with Gasteiger partial charge in [-0.1, -0.05) is 44.9 Å². The van der Waals surface area contributed by atoms with Gasteiger partial charge in [-0.15, -0.1) is 12.4 Å². The number of anilines is 1. The van der Waals surface area contributed by atoms with Crippen LogP contribution >= 0.6 is 12.4 Å². The molecule has 3 aromatic rings. The van der Waals surface area contributed by atoms with Crippen molar-refractivity contribution in [3.05, 3.63) is 30.0 Å². The summed E-state index contributed by atoms with van der Waals surface area (Å²) in [7, 11) is 1.97. The molecule has 160 valence electrons. The second kappa shape index (κ2) is 11.4. The first-order valence-electron chi connectivity index (χ1n) is 10.8. The number of aromatic nitrogens is 3. The highest BCUT2D eigenvalue weighted by molar-refractivity contribution is 6.07. The van der Waals surface area contributed by atoms with Gasteiger partial charge in [-0.25, -0.2) is 4.98 Å². The van der Waals surface area contributed by atoms with Gasteiger partial charge in [0.05, 0.1) is 22.3 Å². The molecule has 1 aromatic carbocycles. The second-order valence-corrected chi connectivity index (χ2v) is 7.74. The zero-order valence-electron chi connectivity index (χ0n) is 18.4. The smallest absolute Gasteiger partial charge is 0.160 e. The fourth-order valence-corrected chi connectivity index (χ4v) is 3.90. The van der Waals surface area contributed by atoms with Crippen molar-refractivity contribution >= 4 is 40.0 Å². The van der Waals surface area contributed by atoms with E-state index in [0.29, 0.717) is 0 Å². The lowest BCUT2D eigenvalue weighted by Crippen LogP contribution is -2.28. The van der Waals surface area contributed by atoms with Gasteiger partial charge in [0.1, 0.15) is 0 Å². The van der Waals surface area contributed by atoms with E-state index in [0.717, 1.165) is 41.8 Å². The highest BCUT2D eigenvalue weighted by atomic mass is 35.5. The van der Waals surface area contributed by atoms with Crippen LogP contribution in [0.15, 0.2) is 24.3 Å². The van der Waals surface area contributed by atoms with Crippen LogP contribution in [0.25, 0.3) is 21.9 Å². The van der Waals surface area contributed by atoms with Crippen LogP contribution in [0.3, 0.4) is 0 Å². The van der Waals surface area contributed by atoms with Crippen LogP contribution in [0.5, 0.6) is 0 Å². The molecule has 6 heteroatoms. The first-order valence-corrected chi connectivity index (χ1v) is 10.8. The Balaban J connectivity index is 0.00000300. The summed E-state index contributed by atoms with van der Waals surface area (Å²) < 4.78 is 1.89. The van der Waals surface area contributed by atoms with Crippen molar-refractivity contribution in [1.29, 1.82) is 0 Å². The van der Waals surface area contributed by atoms with Crippen molar-refractivity contribution in [2.24, 2.45) is 7.05 Å². The van der Waals surface area contributed by atoms with Gasteiger partial charge in [0.15, 0.2) is 5.65 Å². The van der Waals surface area contributed by atoms with Crippen molar-refractivity contribution in [3.63, 3.8) is 0 Å². The summed E-state index contributed by atoms with van der Waals surface area (Å²) in [6.45, 7) is 11.2. The average molecular weight is 418 g/mol. The van der Waals surface area contributed by atoms with Crippen LogP contribution in [-0.2, 0) is 7.05 Å². The SMILES string of the molecule is CCCCN(CCCC)CCCNc1c2ccccc2nc2c1c(C)nn2C.Cl. The molecule has 0 saturated carbocycles. The number of benzene rings is 1. The van der Waals surface area contributed by atoms with E-state index in [1.807, 2.05) is 17.8 Å². The van der Waals surface area contributed by atoms with Crippen molar-refractivity contribution in [2.45, 2.75) is 52.9 Å². The van der Waals surface area contributed by atoms with E-state index in [9.17, 15) is 0 Å². The van der Waals surface area contributed by atoms with E-state index < -0.39 is 0 Å². The minimum Gasteiger partial charge on any atom is -0.384 e. The van der Waals surface area contributed by atoms with Crippen LogP contribution in [0, 0.1) is 6.92 Å². The van der Waals surface area contributed by atoms with Gasteiger partial charge in [-0.05, 0) is 51.9 Å². The molecule has 0 radical (unpaired) electrons. The number of pyridine rings is 1. The fourth-order valence-electron chi connectivity index (χ4n) is 3.90. The zero-order valence-corrected chi connectivity index (χ0v) is 19.2. The van der Waals surface area contributed by atoms with Crippen molar-refractivity contribution in [1.82, 2.24) is 19.7 Å². The molecule has 0 unspecified atom stereocenters. The Labute approximate surface area is 181 Å². The lowest BCUT2D eigenvalue weighted by atomic mass is 10.1. The summed E-state index contributed by atoms with van der Waals surface area (Å²) in [5.41, 5.74) is 4.19. The highest BCUT2D eigenvalue weighted by Crippen LogP contribution is 2.32. The van der Waals surface area contributed by atoms with E-state index in [1.54, 1.807) is 0 Å². The van der Waals surface area contributed by atoms with Gasteiger partial charge in [-0.2, -0.15) is 5.10 Å². The van der Waals surface area contributed by atoms with Crippen LogP contribution < -0.4 is 5.32 Å². The van der Waals surface area contributed by atoms with Crippen LogP contribution in [-0.4, -0.2) is 45.8 Å². The van der Waals surface area contributed by atoms with Gasteiger partial charge in [-0.3, -0.25) is 4.68 Å². The molecule has 0 aliphatic carbocycles. The van der Waals surface area contributed by atoms with Crippen molar-refractivity contribution in [2.75, 3.05) is 31.5 Å². The van der Waals surface area contributed by atoms with E-state index >= 15 is 0 Å². The molecule has 0 amide bonds. The number of aryl methyl sites for hydroxylation is 2. The van der Waals surface area contributed by atoms with E-state index in [-0.39, 0.29) is 12.4 Å². The molecule has 0 spiro atoms. The summed E-state index contributed by atoms with van der Waals surface area (Å²) in [5, 5.41) is 10.7. The molecule has 0 bridgehead atoms. The summed E-state index contributed by atoms with van der Waals surface area (Å²) in [5.74, 6) is 0. The molecule has 5 nitrogen and oxygen atoms in total. The Kier molecular flexibility index (Phi) is 9.18. The third-order valence-electron chi connectivity index (χ3n) is 5.45. The Hall–Kier alpha value is -1.85. The molecule has 0 saturated heterocycles. The van der Waals surface area contributed by atoms with Gasteiger partial charge in [0.2, 0.25) is 0 Å². The van der Waals surface area contributed by atoms with Crippen molar-refractivity contribution in [3.8, 4) is 0 Å². The largest absolute Gasteiger partial charge is 0.384 e. The number of unbranched alkanes of at least 4 members (excludes halogenated alkanes) is 2. The minimum atomic E-state index is 0. The third-order valence-corrected chi connectivity index (χ3v) is 5.45. The van der Waals surface area contributed by atoms with Gasteiger partial charge >= 0.3 is 0 Å². The Morgan fingerprint density at radius 2 is 1.66 bits per heavy atom. The summed E-state index contributed by atoms with van der Waals surface area (Å²) in [4.78, 5) is 7.46. The molecule has 0 fully saturated rings. The van der Waals surface area contributed by atoms with Crippen LogP contribution in [0.1, 0.15) is 51.6 Å². The summed E-state index contributed by atoms with van der Waals surface area (Å²) in [6, 6.07) is 8.38. The van der Waals surface area contributed by atoms with E-state index in [1.165, 1.54) is 49.8 Å². The summed E-state index contributed by atoms with van der Waals surface area (Å²) in [6.07, 6.45) is 6.26. The second-order valence-electron chi connectivity index (χ2n) is 7.74. The maximum Gasteiger partial charge on any atom is 0.160 e.